The van der Waals surface area contributed by atoms with Gasteiger partial charge in [0.05, 0.1) is 21.3 Å². The number of rotatable bonds is 6. The molecule has 2 N–H and O–H groups in total. The number of nitrogens with one attached hydrogen (secondary N) is 2. The molecular weight excluding hydrogens is 424 g/mol. The molecule has 2 aliphatic heterocycles. The lowest BCUT2D eigenvalue weighted by Gasteiger charge is -2.36. The quantitative estimate of drug-likeness (QED) is 0.685. The molecule has 0 spiro atoms. The topological polar surface area (TPSA) is 92.4 Å². The Morgan fingerprint density at radius 3 is 2.27 bits per heavy atom. The van der Waals surface area contributed by atoms with Crippen molar-refractivity contribution in [3.63, 3.8) is 0 Å². The Morgan fingerprint density at radius 2 is 1.58 bits per heavy atom. The molecule has 2 amide bonds. The minimum absolute atomic E-state index is 0.0296. The van der Waals surface area contributed by atoms with Gasteiger partial charge in [-0.3, -0.25) is 9.59 Å². The molecule has 2 unspecified atom stereocenters. The van der Waals surface area contributed by atoms with Crippen LogP contribution in [0.4, 0.5) is 0 Å². The first kappa shape index (κ1) is 22.9. The molecule has 176 valence electrons. The van der Waals surface area contributed by atoms with E-state index in [1.807, 2.05) is 29.2 Å². The van der Waals surface area contributed by atoms with Crippen molar-refractivity contribution in [2.75, 3.05) is 47.5 Å². The maximum atomic E-state index is 13.1. The highest BCUT2D eigenvalue weighted by Gasteiger charge is 2.35. The summed E-state index contributed by atoms with van der Waals surface area (Å²) in [6.07, 6.45) is 0.650. The van der Waals surface area contributed by atoms with Crippen molar-refractivity contribution in [1.29, 1.82) is 0 Å². The first-order valence-electron chi connectivity index (χ1n) is 11.0. The zero-order valence-electron chi connectivity index (χ0n) is 19.2. The van der Waals surface area contributed by atoms with E-state index in [9.17, 15) is 9.59 Å². The molecule has 2 fully saturated rings. The van der Waals surface area contributed by atoms with Gasteiger partial charge in [0.1, 0.15) is 11.8 Å². The van der Waals surface area contributed by atoms with Gasteiger partial charge >= 0.3 is 0 Å². The van der Waals surface area contributed by atoms with Gasteiger partial charge in [-0.15, -0.1) is 0 Å². The summed E-state index contributed by atoms with van der Waals surface area (Å²) >= 11 is 0. The second kappa shape index (κ2) is 10.1. The summed E-state index contributed by atoms with van der Waals surface area (Å²) in [5, 5.41) is 0. The zero-order valence-corrected chi connectivity index (χ0v) is 19.2. The molecule has 2 aliphatic rings. The molecule has 4 rings (SSSR count). The fourth-order valence-electron chi connectivity index (χ4n) is 4.30. The van der Waals surface area contributed by atoms with E-state index in [0.717, 1.165) is 11.3 Å². The zero-order chi connectivity index (χ0) is 23.4. The third-order valence-electron chi connectivity index (χ3n) is 6.21. The van der Waals surface area contributed by atoms with Gasteiger partial charge in [0.2, 0.25) is 5.91 Å². The molecule has 2 aromatic rings. The lowest BCUT2D eigenvalue weighted by atomic mass is 10.0. The maximum Gasteiger partial charge on any atom is 0.254 e. The smallest absolute Gasteiger partial charge is 0.254 e. The highest BCUT2D eigenvalue weighted by molar-refractivity contribution is 5.95. The SMILES string of the molecule is COc1cccc(C2CC(C(=O)N3CCN(C(=O)c4ccc(OC)c(OC)c4)CC3)NN2)c1. The number of piperazine rings is 1. The van der Waals surface area contributed by atoms with E-state index in [-0.39, 0.29) is 23.9 Å². The van der Waals surface area contributed by atoms with Gasteiger partial charge in [0.25, 0.3) is 5.91 Å². The Labute approximate surface area is 193 Å². The van der Waals surface area contributed by atoms with Gasteiger partial charge in [-0.05, 0) is 42.3 Å². The fourth-order valence-corrected chi connectivity index (χ4v) is 4.30. The van der Waals surface area contributed by atoms with Gasteiger partial charge < -0.3 is 24.0 Å². The summed E-state index contributed by atoms with van der Waals surface area (Å²) in [4.78, 5) is 29.6. The van der Waals surface area contributed by atoms with Crippen LogP contribution in [0.1, 0.15) is 28.4 Å². The summed E-state index contributed by atoms with van der Waals surface area (Å²) in [6.45, 7) is 1.97. The van der Waals surface area contributed by atoms with Gasteiger partial charge in [-0.2, -0.15) is 0 Å². The van der Waals surface area contributed by atoms with E-state index in [0.29, 0.717) is 49.7 Å². The number of ether oxygens (including phenoxy) is 3. The van der Waals surface area contributed by atoms with Crippen LogP contribution in [0, 0.1) is 0 Å². The standard InChI is InChI=1S/C24H30N4O5/c1-31-18-6-4-5-16(13-18)19-15-20(26-25-19)24(30)28-11-9-27(10-12-28)23(29)17-7-8-21(32-2)22(14-17)33-3/h4-8,13-14,19-20,25-26H,9-12,15H2,1-3H3. The number of methoxy groups -OCH3 is 3. The number of nitrogens with zero attached hydrogens (tertiary/aromatic N) is 2. The van der Waals surface area contributed by atoms with Crippen molar-refractivity contribution in [2.45, 2.75) is 18.5 Å². The number of carbonyl (C=O) groups excluding carboxylic acids is 2. The van der Waals surface area contributed by atoms with Crippen LogP contribution >= 0.6 is 0 Å². The molecule has 0 aliphatic carbocycles. The Kier molecular flexibility index (Phi) is 7.00. The van der Waals surface area contributed by atoms with Gasteiger partial charge in [-0.25, -0.2) is 10.9 Å². The van der Waals surface area contributed by atoms with Crippen LogP contribution in [0.15, 0.2) is 42.5 Å². The van der Waals surface area contributed by atoms with Crippen LogP contribution in [0.2, 0.25) is 0 Å². The summed E-state index contributed by atoms with van der Waals surface area (Å²) in [5.41, 5.74) is 7.97. The predicted octanol–water partition coefficient (Wildman–Crippen LogP) is 1.60. The van der Waals surface area contributed by atoms with E-state index < -0.39 is 0 Å². The third-order valence-corrected chi connectivity index (χ3v) is 6.21. The first-order valence-corrected chi connectivity index (χ1v) is 11.0. The van der Waals surface area contributed by atoms with Crippen LogP contribution in [-0.4, -0.2) is 75.2 Å². The molecule has 9 nitrogen and oxygen atoms in total. The molecule has 0 saturated carbocycles. The average molecular weight is 455 g/mol. The highest BCUT2D eigenvalue weighted by atomic mass is 16.5. The van der Waals surface area contributed by atoms with Crippen LogP contribution in [-0.2, 0) is 4.79 Å². The molecule has 2 heterocycles. The second-order valence-corrected chi connectivity index (χ2v) is 8.09. The van der Waals surface area contributed by atoms with E-state index in [1.54, 1.807) is 44.4 Å². The van der Waals surface area contributed by atoms with Crippen LogP contribution < -0.4 is 25.1 Å². The van der Waals surface area contributed by atoms with Crippen LogP contribution in [0.5, 0.6) is 17.2 Å². The highest BCUT2D eigenvalue weighted by Crippen LogP contribution is 2.29. The van der Waals surface area contributed by atoms with Gasteiger partial charge in [0.15, 0.2) is 11.5 Å². The molecule has 2 atom stereocenters. The fraction of sp³-hybridized carbons (Fsp3) is 0.417. The molecule has 9 heteroatoms. The van der Waals surface area contributed by atoms with Crippen molar-refractivity contribution in [3.05, 3.63) is 53.6 Å². The first-order chi connectivity index (χ1) is 16.0. The monoisotopic (exact) mass is 454 g/mol. The van der Waals surface area contributed by atoms with Crippen molar-refractivity contribution in [3.8, 4) is 17.2 Å². The summed E-state index contributed by atoms with van der Waals surface area (Å²) < 4.78 is 15.8. The molecular formula is C24H30N4O5. The predicted molar refractivity (Wildman–Crippen MR) is 122 cm³/mol. The lowest BCUT2D eigenvalue weighted by Crippen LogP contribution is -2.54. The van der Waals surface area contributed by atoms with Crippen molar-refractivity contribution >= 4 is 11.8 Å². The van der Waals surface area contributed by atoms with E-state index >= 15 is 0 Å². The molecule has 2 aromatic carbocycles. The molecule has 0 bridgehead atoms. The normalized spacial score (nSPS) is 20.5. The minimum atomic E-state index is -0.311. The van der Waals surface area contributed by atoms with E-state index in [4.69, 9.17) is 14.2 Å². The average Bonchev–Trinajstić information content (AvgIpc) is 3.38. The number of carbonyl (C=O) groups is 2. The number of hydrazine groups is 1. The van der Waals surface area contributed by atoms with E-state index in [2.05, 4.69) is 10.9 Å². The Hall–Kier alpha value is -3.30. The Bertz CT molecular complexity index is 1010. The van der Waals surface area contributed by atoms with Crippen molar-refractivity contribution < 1.29 is 23.8 Å². The largest absolute Gasteiger partial charge is 0.497 e. The van der Waals surface area contributed by atoms with Gasteiger partial charge in [-0.1, -0.05) is 12.1 Å². The number of hydrogen-bond donors (Lipinski definition) is 2. The minimum Gasteiger partial charge on any atom is -0.497 e. The third kappa shape index (κ3) is 4.89. The Balaban J connectivity index is 1.32. The molecule has 2 saturated heterocycles. The maximum absolute atomic E-state index is 13.1. The number of hydrogen-bond acceptors (Lipinski definition) is 7. The van der Waals surface area contributed by atoms with Crippen LogP contribution in [0.3, 0.4) is 0 Å². The molecule has 33 heavy (non-hydrogen) atoms. The lowest BCUT2D eigenvalue weighted by molar-refractivity contribution is -0.134. The summed E-state index contributed by atoms with van der Waals surface area (Å²) in [7, 11) is 4.74. The van der Waals surface area contributed by atoms with Crippen molar-refractivity contribution in [1.82, 2.24) is 20.7 Å². The molecule has 0 radical (unpaired) electrons. The van der Waals surface area contributed by atoms with Gasteiger partial charge in [0, 0.05) is 37.8 Å². The summed E-state index contributed by atoms with van der Waals surface area (Å²) in [6, 6.07) is 12.7. The van der Waals surface area contributed by atoms with E-state index in [1.165, 1.54) is 0 Å². The van der Waals surface area contributed by atoms with Crippen molar-refractivity contribution in [2.24, 2.45) is 0 Å². The van der Waals surface area contributed by atoms with Crippen LogP contribution in [0.25, 0.3) is 0 Å². The number of benzene rings is 2. The second-order valence-electron chi connectivity index (χ2n) is 8.09. The Morgan fingerprint density at radius 1 is 0.848 bits per heavy atom. The molecule has 0 aromatic heterocycles. The number of amides is 2. The summed E-state index contributed by atoms with van der Waals surface area (Å²) in [5.74, 6) is 1.85.